The topological polar surface area (TPSA) is 42.0 Å². The van der Waals surface area contributed by atoms with E-state index < -0.39 is 20.4 Å². The molecule has 5 nitrogen and oxygen atoms in total. The second-order valence-electron chi connectivity index (χ2n) is 10.9. The molecule has 0 unspecified atom stereocenters. The molecule has 7 heteroatoms. The average Bonchev–Trinajstić information content (AvgIpc) is 2.86. The van der Waals surface area contributed by atoms with Crippen LogP contribution < -0.4 is 0 Å². The highest BCUT2D eigenvalue weighted by atomic mass is 28.3. The van der Waals surface area contributed by atoms with Crippen molar-refractivity contribution < 1.29 is 14.0 Å². The van der Waals surface area contributed by atoms with E-state index in [-0.39, 0.29) is 19.9 Å². The van der Waals surface area contributed by atoms with E-state index in [0.717, 1.165) is 38.9 Å². The van der Waals surface area contributed by atoms with Gasteiger partial charge in [0.2, 0.25) is 0 Å². The van der Waals surface area contributed by atoms with Crippen LogP contribution in [0.5, 0.6) is 0 Å². The lowest BCUT2D eigenvalue weighted by molar-refractivity contribution is -0.116. The van der Waals surface area contributed by atoms with Gasteiger partial charge in [0.1, 0.15) is 11.3 Å². The first-order valence-corrected chi connectivity index (χ1v) is 13.4. The maximum atomic E-state index is 13.3. The molecule has 2 atom stereocenters. The fourth-order valence-corrected chi connectivity index (χ4v) is 5.72. The van der Waals surface area contributed by atoms with Gasteiger partial charge in [-0.05, 0) is 84.6 Å². The minimum atomic E-state index is -1.35. The highest BCUT2D eigenvalue weighted by Crippen LogP contribution is 2.49. The van der Waals surface area contributed by atoms with Gasteiger partial charge in [-0.15, -0.1) is 0 Å². The predicted octanol–water partition coefficient (Wildman–Crippen LogP) is 3.14. The molecule has 0 radical (unpaired) electrons. The Morgan fingerprint density at radius 2 is 1.61 bits per heavy atom. The van der Waals surface area contributed by atoms with Gasteiger partial charge in [0.25, 0.3) is 0 Å². The van der Waals surface area contributed by atoms with Gasteiger partial charge in [-0.3, -0.25) is 4.90 Å². The number of carbonyl (C=O) groups excluding carboxylic acids is 1. The third kappa shape index (κ3) is 5.99. The summed E-state index contributed by atoms with van der Waals surface area (Å²) >= 11 is 0. The number of hydrogen-bond donors (Lipinski definition) is 0. The Balaban J connectivity index is 0.00000392. The minimum Gasteiger partial charge on any atom is -0.444 e. The molecule has 2 saturated heterocycles. The Hall–Kier alpha value is -0.528. The summed E-state index contributed by atoms with van der Waals surface area (Å²) in [7, 11) is 0.825. The number of carbonyl (C=O) groups is 1. The molecule has 0 bridgehead atoms. The van der Waals surface area contributed by atoms with Gasteiger partial charge in [-0.2, -0.15) is 0 Å². The molecule has 0 aromatic rings. The summed E-state index contributed by atoms with van der Waals surface area (Å²) in [5.74, 6) is 0.792. The van der Waals surface area contributed by atoms with Gasteiger partial charge < -0.3 is 14.1 Å². The van der Waals surface area contributed by atoms with Crippen LogP contribution in [0.4, 0.5) is 4.79 Å². The van der Waals surface area contributed by atoms with Crippen LogP contribution in [0.15, 0.2) is 0 Å². The second-order valence-corrected chi connectivity index (χ2v) is 13.3. The summed E-state index contributed by atoms with van der Waals surface area (Å²) in [4.78, 5) is 17.6. The molecule has 2 fully saturated rings. The number of rotatable bonds is 3. The molecule has 0 aliphatic carbocycles. The van der Waals surface area contributed by atoms with Crippen molar-refractivity contribution in [2.45, 2.75) is 85.2 Å². The maximum absolute atomic E-state index is 13.3. The van der Waals surface area contributed by atoms with Gasteiger partial charge in [0.15, 0.2) is 9.04 Å². The van der Waals surface area contributed by atoms with E-state index in [4.69, 9.17) is 9.16 Å². The predicted molar refractivity (Wildman–Crippen MR) is 123 cm³/mol. The number of nitrogens with zero attached hydrogens (tertiary/aromatic N) is 2. The van der Waals surface area contributed by atoms with Crippen molar-refractivity contribution in [3.63, 3.8) is 0 Å². The van der Waals surface area contributed by atoms with Crippen LogP contribution in [0, 0.1) is 17.3 Å². The number of ether oxygens (including phenoxy) is 1. The van der Waals surface area contributed by atoms with E-state index in [0.29, 0.717) is 11.8 Å². The summed E-state index contributed by atoms with van der Waals surface area (Å²) < 4.78 is 12.6. The quantitative estimate of drug-likeness (QED) is 0.668. The van der Waals surface area contributed by atoms with E-state index >= 15 is 0 Å². The molecule has 0 N–H and O–H groups in total. The molecular weight excluding hydrogens is 367 g/mol. The van der Waals surface area contributed by atoms with Crippen molar-refractivity contribution in [2.24, 2.45) is 17.3 Å². The summed E-state index contributed by atoms with van der Waals surface area (Å²) in [6, 6.07) is 0. The third-order valence-electron chi connectivity index (χ3n) is 6.03. The van der Waals surface area contributed by atoms with E-state index in [1.807, 2.05) is 25.7 Å². The van der Waals surface area contributed by atoms with Crippen molar-refractivity contribution >= 4 is 23.5 Å². The first-order valence-electron chi connectivity index (χ1n) is 10.6. The van der Waals surface area contributed by atoms with Crippen molar-refractivity contribution in [3.05, 3.63) is 0 Å². The molecule has 0 spiro atoms. The lowest BCUT2D eigenvalue weighted by Crippen LogP contribution is -2.58. The van der Waals surface area contributed by atoms with Gasteiger partial charge in [-0.1, -0.05) is 20.8 Å². The zero-order valence-electron chi connectivity index (χ0n) is 19.1. The first kappa shape index (κ1) is 25.5. The molecule has 2 aliphatic rings. The van der Waals surface area contributed by atoms with Crippen LogP contribution in [-0.4, -0.2) is 71.4 Å². The van der Waals surface area contributed by atoms with Crippen molar-refractivity contribution in [1.82, 2.24) is 9.80 Å². The molecule has 28 heavy (non-hydrogen) atoms. The van der Waals surface area contributed by atoms with E-state index in [9.17, 15) is 4.79 Å². The molecule has 164 valence electrons. The SMILES string of the molecule is B.CN1CCC([C@@]2(O[SiH](C)C)C[C@H](C(C)(C)C)CN2C(=O)OC(C)(C)C)CC1. The summed E-state index contributed by atoms with van der Waals surface area (Å²) in [6.07, 6.45) is 2.87. The van der Waals surface area contributed by atoms with Gasteiger partial charge in [-0.25, -0.2) is 4.79 Å². The molecule has 0 saturated carbocycles. The zero-order chi connectivity index (χ0) is 20.6. The highest BCUT2D eigenvalue weighted by Gasteiger charge is 2.57. The molecular formula is C21H45BN2O3Si. The summed E-state index contributed by atoms with van der Waals surface area (Å²) in [5, 5.41) is 0. The minimum absolute atomic E-state index is 0. The first-order chi connectivity index (χ1) is 12.2. The molecule has 2 heterocycles. The van der Waals surface area contributed by atoms with Crippen molar-refractivity contribution in [3.8, 4) is 0 Å². The zero-order valence-corrected chi connectivity index (χ0v) is 20.2. The molecule has 2 rings (SSSR count). The van der Waals surface area contributed by atoms with Crippen LogP contribution in [0.3, 0.4) is 0 Å². The Bertz CT molecular complexity index is 525. The largest absolute Gasteiger partial charge is 0.444 e. The highest BCUT2D eigenvalue weighted by molar-refractivity contribution is 6.48. The monoisotopic (exact) mass is 412 g/mol. The van der Waals surface area contributed by atoms with Crippen molar-refractivity contribution in [1.29, 1.82) is 0 Å². The van der Waals surface area contributed by atoms with Crippen LogP contribution in [0.1, 0.15) is 60.8 Å². The Labute approximate surface area is 176 Å². The fraction of sp³-hybridized carbons (Fsp3) is 0.952. The smallest absolute Gasteiger partial charge is 0.412 e. The molecule has 0 aromatic heterocycles. The van der Waals surface area contributed by atoms with E-state index in [1.54, 1.807) is 0 Å². The maximum Gasteiger partial charge on any atom is 0.412 e. The number of piperidine rings is 1. The van der Waals surface area contributed by atoms with Crippen LogP contribution in [0.2, 0.25) is 13.1 Å². The van der Waals surface area contributed by atoms with Gasteiger partial charge >= 0.3 is 6.09 Å². The molecule has 0 aromatic carbocycles. The van der Waals surface area contributed by atoms with E-state index in [2.05, 4.69) is 45.8 Å². The van der Waals surface area contributed by atoms with Crippen LogP contribution in [0.25, 0.3) is 0 Å². The second kappa shape index (κ2) is 9.09. The average molecular weight is 413 g/mol. The van der Waals surface area contributed by atoms with Crippen molar-refractivity contribution in [2.75, 3.05) is 26.7 Å². The van der Waals surface area contributed by atoms with Crippen LogP contribution in [-0.2, 0) is 9.16 Å². The van der Waals surface area contributed by atoms with Crippen LogP contribution >= 0.6 is 0 Å². The summed E-state index contributed by atoms with van der Waals surface area (Å²) in [6.45, 7) is 20.0. The Morgan fingerprint density at radius 3 is 2.04 bits per heavy atom. The van der Waals surface area contributed by atoms with Gasteiger partial charge in [0.05, 0.1) is 8.41 Å². The third-order valence-corrected chi connectivity index (χ3v) is 6.91. The lowest BCUT2D eigenvalue weighted by Gasteiger charge is -2.48. The lowest BCUT2D eigenvalue weighted by atomic mass is 9.76. The standard InChI is InChI=1S/C21H42N2O3Si.BH3/c1-19(2,3)17-14-21(26-27(8)9,16-10-12-22(7)13-11-16)23(15-17)18(24)25-20(4,5)6;/h16-17,27H,10-15H2,1-9H3;1H3/t17-,21-;/m0./s1. The fourth-order valence-electron chi connectivity index (χ4n) is 4.49. The Morgan fingerprint density at radius 1 is 1.07 bits per heavy atom. The Kier molecular flexibility index (Phi) is 8.28. The molecule has 1 amide bonds. The number of amides is 1. The van der Waals surface area contributed by atoms with E-state index in [1.165, 1.54) is 0 Å². The summed E-state index contributed by atoms with van der Waals surface area (Å²) in [5.41, 5.74) is -0.859. The number of likely N-dealkylation sites (tertiary alicyclic amines) is 2. The normalized spacial score (nSPS) is 27.8. The van der Waals surface area contributed by atoms with Gasteiger partial charge in [0, 0.05) is 12.5 Å². The molecule has 2 aliphatic heterocycles. The number of hydrogen-bond acceptors (Lipinski definition) is 4.